The molecule has 2 aliphatic rings. The van der Waals surface area contributed by atoms with E-state index in [1.54, 1.807) is 0 Å². The van der Waals surface area contributed by atoms with Gasteiger partial charge in [-0.25, -0.2) is 0 Å². The Kier molecular flexibility index (Phi) is 2.73. The van der Waals surface area contributed by atoms with E-state index in [2.05, 4.69) is 0 Å². The van der Waals surface area contributed by atoms with Crippen molar-refractivity contribution < 1.29 is 9.47 Å². The molecule has 86 valence electrons. The highest BCUT2D eigenvalue weighted by molar-refractivity contribution is 5.41. The van der Waals surface area contributed by atoms with Crippen molar-refractivity contribution in [3.8, 4) is 11.5 Å². The van der Waals surface area contributed by atoms with Gasteiger partial charge >= 0.3 is 0 Å². The van der Waals surface area contributed by atoms with E-state index in [9.17, 15) is 0 Å². The SMILES string of the molecule is c1ccc2c(c1)OC(CC1CCCCC1)O2. The quantitative estimate of drug-likeness (QED) is 0.752. The van der Waals surface area contributed by atoms with Crippen LogP contribution in [0.2, 0.25) is 0 Å². The predicted octanol–water partition coefficient (Wildman–Crippen LogP) is 3.75. The van der Waals surface area contributed by atoms with Crippen LogP contribution in [0.5, 0.6) is 11.5 Å². The summed E-state index contributed by atoms with van der Waals surface area (Å²) in [6, 6.07) is 7.95. The Hall–Kier alpha value is -1.18. The van der Waals surface area contributed by atoms with Crippen molar-refractivity contribution in [3.63, 3.8) is 0 Å². The van der Waals surface area contributed by atoms with Gasteiger partial charge in [0.2, 0.25) is 6.29 Å². The molecule has 1 heterocycles. The van der Waals surface area contributed by atoms with E-state index in [0.29, 0.717) is 0 Å². The van der Waals surface area contributed by atoms with Gasteiger partial charge in [0.25, 0.3) is 0 Å². The summed E-state index contributed by atoms with van der Waals surface area (Å²) in [5.41, 5.74) is 0. The zero-order chi connectivity index (χ0) is 10.8. The molecule has 1 aliphatic heterocycles. The van der Waals surface area contributed by atoms with Crippen LogP contribution in [0.25, 0.3) is 0 Å². The Morgan fingerprint density at radius 3 is 2.19 bits per heavy atom. The van der Waals surface area contributed by atoms with Crippen LogP contribution in [-0.2, 0) is 0 Å². The zero-order valence-electron chi connectivity index (χ0n) is 9.52. The molecule has 1 aromatic rings. The van der Waals surface area contributed by atoms with Crippen molar-refractivity contribution >= 4 is 0 Å². The Bertz CT molecular complexity index is 331. The molecular weight excluding hydrogens is 200 g/mol. The van der Waals surface area contributed by atoms with Crippen LogP contribution in [-0.4, -0.2) is 6.29 Å². The Morgan fingerprint density at radius 1 is 0.938 bits per heavy atom. The van der Waals surface area contributed by atoms with Crippen LogP contribution in [0.4, 0.5) is 0 Å². The lowest BCUT2D eigenvalue weighted by Gasteiger charge is -2.23. The average Bonchev–Trinajstić information content (AvgIpc) is 2.72. The van der Waals surface area contributed by atoms with Gasteiger partial charge < -0.3 is 9.47 Å². The topological polar surface area (TPSA) is 18.5 Å². The first-order chi connectivity index (χ1) is 7.92. The summed E-state index contributed by atoms with van der Waals surface area (Å²) in [5, 5.41) is 0. The van der Waals surface area contributed by atoms with Gasteiger partial charge in [-0.15, -0.1) is 0 Å². The van der Waals surface area contributed by atoms with Crippen LogP contribution in [0.3, 0.4) is 0 Å². The molecule has 1 fully saturated rings. The Balaban J connectivity index is 1.59. The lowest BCUT2D eigenvalue weighted by Crippen LogP contribution is -2.23. The van der Waals surface area contributed by atoms with E-state index < -0.39 is 0 Å². The van der Waals surface area contributed by atoms with Gasteiger partial charge in [-0.1, -0.05) is 44.2 Å². The first kappa shape index (κ1) is 10.0. The molecule has 0 saturated heterocycles. The molecule has 3 rings (SSSR count). The van der Waals surface area contributed by atoms with E-state index in [0.717, 1.165) is 23.8 Å². The molecule has 0 aromatic heterocycles. The molecule has 0 atom stereocenters. The van der Waals surface area contributed by atoms with Crippen molar-refractivity contribution in [1.29, 1.82) is 0 Å². The van der Waals surface area contributed by atoms with Crippen LogP contribution >= 0.6 is 0 Å². The van der Waals surface area contributed by atoms with Gasteiger partial charge in [0.15, 0.2) is 11.5 Å². The molecule has 1 aromatic carbocycles. The number of hydrogen-bond acceptors (Lipinski definition) is 2. The smallest absolute Gasteiger partial charge is 0.241 e. The first-order valence-corrected chi connectivity index (χ1v) is 6.34. The highest BCUT2D eigenvalue weighted by Gasteiger charge is 2.27. The molecule has 0 N–H and O–H groups in total. The number of ether oxygens (including phenoxy) is 2. The number of fused-ring (bicyclic) bond motifs is 1. The molecule has 2 nitrogen and oxygen atoms in total. The summed E-state index contributed by atoms with van der Waals surface area (Å²) >= 11 is 0. The van der Waals surface area contributed by atoms with Crippen molar-refractivity contribution in [2.45, 2.75) is 44.8 Å². The minimum atomic E-state index is -0.0412. The average molecular weight is 218 g/mol. The monoisotopic (exact) mass is 218 g/mol. The molecular formula is C14H18O2. The highest BCUT2D eigenvalue weighted by Crippen LogP contribution is 2.37. The number of para-hydroxylation sites is 2. The maximum atomic E-state index is 5.79. The second-order valence-corrected chi connectivity index (χ2v) is 4.85. The van der Waals surface area contributed by atoms with E-state index in [1.165, 1.54) is 32.1 Å². The van der Waals surface area contributed by atoms with E-state index >= 15 is 0 Å². The van der Waals surface area contributed by atoms with Crippen molar-refractivity contribution in [2.24, 2.45) is 5.92 Å². The molecule has 0 radical (unpaired) electrons. The van der Waals surface area contributed by atoms with Crippen LogP contribution in [0.15, 0.2) is 24.3 Å². The zero-order valence-corrected chi connectivity index (χ0v) is 9.52. The van der Waals surface area contributed by atoms with Crippen molar-refractivity contribution in [2.75, 3.05) is 0 Å². The van der Waals surface area contributed by atoms with Crippen LogP contribution < -0.4 is 9.47 Å². The fraction of sp³-hybridized carbons (Fsp3) is 0.571. The summed E-state index contributed by atoms with van der Waals surface area (Å²) in [5.74, 6) is 2.61. The molecule has 16 heavy (non-hydrogen) atoms. The minimum absolute atomic E-state index is 0.0412. The standard InChI is InChI=1S/C14H18O2/c1-2-6-11(7-3-1)10-14-15-12-8-4-5-9-13(12)16-14/h4-5,8-9,11,14H,1-3,6-7,10H2. The van der Waals surface area contributed by atoms with Gasteiger partial charge in [0, 0.05) is 6.42 Å². The van der Waals surface area contributed by atoms with Crippen LogP contribution in [0.1, 0.15) is 38.5 Å². The lowest BCUT2D eigenvalue weighted by molar-refractivity contribution is 0.0218. The predicted molar refractivity (Wildman–Crippen MR) is 62.7 cm³/mol. The molecule has 1 saturated carbocycles. The molecule has 0 unspecified atom stereocenters. The van der Waals surface area contributed by atoms with Crippen LogP contribution in [0, 0.1) is 5.92 Å². The Morgan fingerprint density at radius 2 is 1.56 bits per heavy atom. The Labute approximate surface area is 96.6 Å². The van der Waals surface area contributed by atoms with Gasteiger partial charge in [0.1, 0.15) is 0 Å². The number of benzene rings is 1. The maximum absolute atomic E-state index is 5.79. The van der Waals surface area contributed by atoms with E-state index in [4.69, 9.17) is 9.47 Å². The molecule has 2 heteroatoms. The summed E-state index contributed by atoms with van der Waals surface area (Å²) in [7, 11) is 0. The third-order valence-corrected chi connectivity index (χ3v) is 3.62. The first-order valence-electron chi connectivity index (χ1n) is 6.34. The molecule has 0 amide bonds. The second kappa shape index (κ2) is 4.36. The molecule has 0 bridgehead atoms. The largest absolute Gasteiger partial charge is 0.451 e. The molecule has 1 aliphatic carbocycles. The van der Waals surface area contributed by atoms with E-state index in [-0.39, 0.29) is 6.29 Å². The minimum Gasteiger partial charge on any atom is -0.451 e. The number of hydrogen-bond donors (Lipinski definition) is 0. The van der Waals surface area contributed by atoms with Gasteiger partial charge in [-0.3, -0.25) is 0 Å². The third-order valence-electron chi connectivity index (χ3n) is 3.62. The van der Waals surface area contributed by atoms with Gasteiger partial charge in [-0.2, -0.15) is 0 Å². The third kappa shape index (κ3) is 2.01. The van der Waals surface area contributed by atoms with Crippen molar-refractivity contribution in [1.82, 2.24) is 0 Å². The summed E-state index contributed by atoms with van der Waals surface area (Å²) in [6.07, 6.45) is 7.87. The lowest BCUT2D eigenvalue weighted by atomic mass is 9.87. The molecule has 0 spiro atoms. The van der Waals surface area contributed by atoms with Gasteiger partial charge in [-0.05, 0) is 18.1 Å². The second-order valence-electron chi connectivity index (χ2n) is 4.85. The highest BCUT2D eigenvalue weighted by atomic mass is 16.7. The fourth-order valence-electron chi connectivity index (χ4n) is 2.74. The van der Waals surface area contributed by atoms with Crippen molar-refractivity contribution in [3.05, 3.63) is 24.3 Å². The van der Waals surface area contributed by atoms with E-state index in [1.807, 2.05) is 24.3 Å². The maximum Gasteiger partial charge on any atom is 0.241 e. The normalized spacial score (nSPS) is 21.2. The van der Waals surface area contributed by atoms with Gasteiger partial charge in [0.05, 0.1) is 0 Å². The summed E-state index contributed by atoms with van der Waals surface area (Å²) in [6.45, 7) is 0. The summed E-state index contributed by atoms with van der Waals surface area (Å²) < 4.78 is 11.6. The fourth-order valence-corrected chi connectivity index (χ4v) is 2.74. The summed E-state index contributed by atoms with van der Waals surface area (Å²) in [4.78, 5) is 0. The number of rotatable bonds is 2.